The van der Waals surface area contributed by atoms with Gasteiger partial charge in [0, 0.05) is 18.0 Å². The molecule has 0 aliphatic heterocycles. The fourth-order valence-electron chi connectivity index (χ4n) is 1.73. The van der Waals surface area contributed by atoms with E-state index in [-0.39, 0.29) is 18.4 Å². The number of hydrogen-bond donors (Lipinski definition) is 4. The molecule has 1 rings (SSSR count). The summed E-state index contributed by atoms with van der Waals surface area (Å²) in [7, 11) is 0. The molecule has 1 unspecified atom stereocenters. The Morgan fingerprint density at radius 2 is 2.11 bits per heavy atom. The van der Waals surface area contributed by atoms with Crippen LogP contribution >= 0.6 is 0 Å². The zero-order valence-electron chi connectivity index (χ0n) is 10.7. The quantitative estimate of drug-likeness (QED) is 0.412. The van der Waals surface area contributed by atoms with Crippen molar-refractivity contribution in [2.45, 2.75) is 39.2 Å². The highest BCUT2D eigenvalue weighted by atomic mass is 16.1. The third kappa shape index (κ3) is 3.85. The van der Waals surface area contributed by atoms with Gasteiger partial charge in [0.2, 0.25) is 5.91 Å². The topological polar surface area (TPSA) is 119 Å². The molecule has 0 fully saturated rings. The van der Waals surface area contributed by atoms with Crippen molar-refractivity contribution in [2.75, 3.05) is 10.7 Å². The van der Waals surface area contributed by atoms with Gasteiger partial charge in [-0.3, -0.25) is 4.79 Å². The molecular weight excluding hydrogens is 232 g/mol. The number of nitrogens with two attached hydrogens (primary N) is 2. The number of primary amides is 1. The van der Waals surface area contributed by atoms with E-state index in [0.29, 0.717) is 11.6 Å². The highest BCUT2D eigenvalue weighted by molar-refractivity contribution is 5.75. The van der Waals surface area contributed by atoms with E-state index in [1.807, 2.05) is 6.92 Å². The van der Waals surface area contributed by atoms with Crippen molar-refractivity contribution < 1.29 is 4.79 Å². The number of rotatable bonds is 7. The second-order valence-corrected chi connectivity index (χ2v) is 4.16. The summed E-state index contributed by atoms with van der Waals surface area (Å²) < 4.78 is 0. The first-order valence-electron chi connectivity index (χ1n) is 5.93. The van der Waals surface area contributed by atoms with Gasteiger partial charge in [-0.25, -0.2) is 15.8 Å². The van der Waals surface area contributed by atoms with Gasteiger partial charge in [0.25, 0.3) is 0 Å². The van der Waals surface area contributed by atoms with Crippen molar-refractivity contribution >= 4 is 17.5 Å². The Morgan fingerprint density at radius 1 is 1.44 bits per heavy atom. The van der Waals surface area contributed by atoms with Crippen molar-refractivity contribution in [1.29, 1.82) is 0 Å². The summed E-state index contributed by atoms with van der Waals surface area (Å²) >= 11 is 0. The molecule has 0 radical (unpaired) electrons. The van der Waals surface area contributed by atoms with Gasteiger partial charge in [-0.1, -0.05) is 13.3 Å². The van der Waals surface area contributed by atoms with Crippen LogP contribution < -0.4 is 22.3 Å². The Bertz CT molecular complexity index is 409. The van der Waals surface area contributed by atoms with E-state index in [0.717, 1.165) is 18.4 Å². The van der Waals surface area contributed by atoms with E-state index in [1.54, 1.807) is 0 Å². The highest BCUT2D eigenvalue weighted by Crippen LogP contribution is 2.21. The predicted octanol–water partition coefficient (Wildman–Crippen LogP) is 0.391. The van der Waals surface area contributed by atoms with Crippen molar-refractivity contribution in [3.8, 4) is 0 Å². The van der Waals surface area contributed by atoms with E-state index in [1.165, 1.54) is 6.33 Å². The SMILES string of the molecule is CCCc1c(NN)ncnc1NC(C)CC(N)=O. The molecule has 0 saturated heterocycles. The van der Waals surface area contributed by atoms with Crippen LogP contribution in [0, 0.1) is 0 Å². The summed E-state index contributed by atoms with van der Waals surface area (Å²) in [6, 6.07) is -0.0846. The zero-order chi connectivity index (χ0) is 13.5. The van der Waals surface area contributed by atoms with Crippen LogP contribution in [0.25, 0.3) is 0 Å². The van der Waals surface area contributed by atoms with Gasteiger partial charge < -0.3 is 16.5 Å². The first-order valence-corrected chi connectivity index (χ1v) is 5.93. The summed E-state index contributed by atoms with van der Waals surface area (Å²) in [6.07, 6.45) is 3.42. The van der Waals surface area contributed by atoms with Crippen LogP contribution in [-0.4, -0.2) is 21.9 Å². The third-order valence-electron chi connectivity index (χ3n) is 2.47. The Hall–Kier alpha value is -1.89. The van der Waals surface area contributed by atoms with Gasteiger partial charge in [-0.15, -0.1) is 0 Å². The molecule has 0 aliphatic carbocycles. The van der Waals surface area contributed by atoms with Crippen LogP contribution in [0.2, 0.25) is 0 Å². The molecule has 1 amide bonds. The second-order valence-electron chi connectivity index (χ2n) is 4.16. The standard InChI is InChI=1S/C11H20N6O/c1-3-4-8-10(14-6-15-11(8)17-13)16-7(2)5-9(12)18/h6-7H,3-5,13H2,1-2H3,(H2,12,18)(H2,14,15,16,17). The summed E-state index contributed by atoms with van der Waals surface area (Å²) in [6.45, 7) is 3.93. The van der Waals surface area contributed by atoms with Crippen LogP contribution in [0.1, 0.15) is 32.3 Å². The maximum atomic E-state index is 10.9. The molecule has 100 valence electrons. The van der Waals surface area contributed by atoms with E-state index in [2.05, 4.69) is 27.6 Å². The number of carbonyl (C=O) groups is 1. The number of nitrogen functional groups attached to an aromatic ring is 1. The fourth-order valence-corrected chi connectivity index (χ4v) is 1.73. The number of amides is 1. The third-order valence-corrected chi connectivity index (χ3v) is 2.47. The molecule has 1 aromatic rings. The highest BCUT2D eigenvalue weighted by Gasteiger charge is 2.13. The maximum Gasteiger partial charge on any atom is 0.219 e. The van der Waals surface area contributed by atoms with Crippen molar-refractivity contribution in [1.82, 2.24) is 9.97 Å². The number of carbonyl (C=O) groups excluding carboxylic acids is 1. The predicted molar refractivity (Wildman–Crippen MR) is 70.7 cm³/mol. The second kappa shape index (κ2) is 6.75. The van der Waals surface area contributed by atoms with Gasteiger partial charge in [0.1, 0.15) is 18.0 Å². The lowest BCUT2D eigenvalue weighted by molar-refractivity contribution is -0.118. The number of hydrazine groups is 1. The number of nitrogens with one attached hydrogen (secondary N) is 2. The normalized spacial score (nSPS) is 11.9. The fraction of sp³-hybridized carbons (Fsp3) is 0.545. The van der Waals surface area contributed by atoms with Gasteiger partial charge in [0.15, 0.2) is 0 Å². The van der Waals surface area contributed by atoms with Gasteiger partial charge in [0.05, 0.1) is 0 Å². The van der Waals surface area contributed by atoms with Crippen molar-refractivity contribution in [2.24, 2.45) is 11.6 Å². The minimum atomic E-state index is -0.349. The Morgan fingerprint density at radius 3 is 2.67 bits per heavy atom. The molecule has 0 bridgehead atoms. The van der Waals surface area contributed by atoms with Crippen molar-refractivity contribution in [3.63, 3.8) is 0 Å². The molecule has 0 aliphatic rings. The molecule has 1 atom stereocenters. The lowest BCUT2D eigenvalue weighted by atomic mass is 10.1. The van der Waals surface area contributed by atoms with Crippen molar-refractivity contribution in [3.05, 3.63) is 11.9 Å². The Kier molecular flexibility index (Phi) is 5.31. The molecule has 0 spiro atoms. The molecular formula is C11H20N6O. The minimum absolute atomic E-state index is 0.0846. The van der Waals surface area contributed by atoms with E-state index in [9.17, 15) is 4.79 Å². The Labute approximate surface area is 106 Å². The minimum Gasteiger partial charge on any atom is -0.370 e. The molecule has 7 nitrogen and oxygen atoms in total. The van der Waals surface area contributed by atoms with E-state index >= 15 is 0 Å². The Balaban J connectivity index is 2.89. The van der Waals surface area contributed by atoms with Crippen LogP contribution in [0.3, 0.4) is 0 Å². The summed E-state index contributed by atoms with van der Waals surface area (Å²) in [5, 5.41) is 3.15. The molecule has 6 N–H and O–H groups in total. The average molecular weight is 252 g/mol. The van der Waals surface area contributed by atoms with Crippen LogP contribution in [0.5, 0.6) is 0 Å². The number of aromatic nitrogens is 2. The molecule has 1 heterocycles. The van der Waals surface area contributed by atoms with Crippen LogP contribution in [0.4, 0.5) is 11.6 Å². The monoisotopic (exact) mass is 252 g/mol. The largest absolute Gasteiger partial charge is 0.370 e. The summed E-state index contributed by atoms with van der Waals surface area (Å²) in [5.41, 5.74) is 8.62. The van der Waals surface area contributed by atoms with E-state index in [4.69, 9.17) is 11.6 Å². The number of hydrogen-bond acceptors (Lipinski definition) is 6. The summed E-state index contributed by atoms with van der Waals surface area (Å²) in [4.78, 5) is 19.1. The lowest BCUT2D eigenvalue weighted by Gasteiger charge is -2.17. The van der Waals surface area contributed by atoms with Crippen LogP contribution in [0.15, 0.2) is 6.33 Å². The van der Waals surface area contributed by atoms with Gasteiger partial charge in [-0.05, 0) is 13.3 Å². The smallest absolute Gasteiger partial charge is 0.219 e. The maximum absolute atomic E-state index is 10.9. The summed E-state index contributed by atoms with van der Waals surface area (Å²) in [5.74, 6) is 6.36. The van der Waals surface area contributed by atoms with Gasteiger partial charge >= 0.3 is 0 Å². The first-order chi connectivity index (χ1) is 8.58. The molecule has 1 aromatic heterocycles. The first kappa shape index (κ1) is 14.2. The zero-order valence-corrected chi connectivity index (χ0v) is 10.7. The number of anilines is 2. The average Bonchev–Trinajstić information content (AvgIpc) is 2.30. The molecule has 0 aromatic carbocycles. The molecule has 18 heavy (non-hydrogen) atoms. The molecule has 0 saturated carbocycles. The molecule has 7 heteroatoms. The van der Waals surface area contributed by atoms with Crippen LogP contribution in [-0.2, 0) is 11.2 Å². The lowest BCUT2D eigenvalue weighted by Crippen LogP contribution is -2.25. The number of nitrogens with zero attached hydrogens (tertiary/aromatic N) is 2. The van der Waals surface area contributed by atoms with E-state index < -0.39 is 0 Å². The van der Waals surface area contributed by atoms with Gasteiger partial charge in [-0.2, -0.15) is 0 Å².